The Bertz CT molecular complexity index is 748. The highest BCUT2D eigenvalue weighted by atomic mass is 16.1. The van der Waals surface area contributed by atoms with Gasteiger partial charge < -0.3 is 0 Å². The van der Waals surface area contributed by atoms with Gasteiger partial charge in [0.15, 0.2) is 0 Å². The zero-order chi connectivity index (χ0) is 24.0. The number of allylic oxidation sites excluding steroid dienone is 3. The Morgan fingerprint density at radius 1 is 0.939 bits per heavy atom. The molecule has 0 aromatic heterocycles. The molecular formula is C32H52O. The smallest absolute Gasteiger partial charge is 0.136 e. The lowest BCUT2D eigenvalue weighted by atomic mass is 9.43. The van der Waals surface area contributed by atoms with E-state index in [-0.39, 0.29) is 5.92 Å². The molecule has 4 fully saturated rings. The fourth-order valence-electron chi connectivity index (χ4n) is 9.98. The highest BCUT2D eigenvalue weighted by Gasteiger charge is 2.61. The van der Waals surface area contributed by atoms with Crippen LogP contribution < -0.4 is 0 Å². The van der Waals surface area contributed by atoms with Crippen molar-refractivity contribution in [2.75, 3.05) is 0 Å². The normalized spacial score (nSPS) is 44.9. The molecule has 0 N–H and O–H groups in total. The molecule has 0 unspecified atom stereocenters. The second-order valence-electron chi connectivity index (χ2n) is 13.5. The number of hydrogen-bond acceptors (Lipinski definition) is 1. The van der Waals surface area contributed by atoms with Crippen LogP contribution in [-0.4, -0.2) is 5.78 Å². The first-order valence-corrected chi connectivity index (χ1v) is 14.5. The molecule has 0 aromatic carbocycles. The fourth-order valence-corrected chi connectivity index (χ4v) is 9.98. The summed E-state index contributed by atoms with van der Waals surface area (Å²) in [6, 6.07) is 0. The molecule has 186 valence electrons. The van der Waals surface area contributed by atoms with Crippen molar-refractivity contribution in [3.8, 4) is 0 Å². The number of carbonyl (C=O) groups excluding carboxylic acids is 1. The summed E-state index contributed by atoms with van der Waals surface area (Å²) in [5, 5.41) is 0. The van der Waals surface area contributed by atoms with Crippen molar-refractivity contribution in [1.29, 1.82) is 0 Å². The van der Waals surface area contributed by atoms with Crippen molar-refractivity contribution >= 4 is 5.78 Å². The largest absolute Gasteiger partial charge is 0.299 e. The molecular weight excluding hydrogens is 400 g/mol. The van der Waals surface area contributed by atoms with E-state index in [1.54, 1.807) is 0 Å². The Morgan fingerprint density at radius 2 is 1.64 bits per heavy atom. The maximum atomic E-state index is 12.8. The molecule has 33 heavy (non-hydrogen) atoms. The number of fused-ring (bicyclic) bond motifs is 5. The van der Waals surface area contributed by atoms with Gasteiger partial charge in [0.2, 0.25) is 0 Å². The van der Waals surface area contributed by atoms with E-state index < -0.39 is 0 Å². The highest BCUT2D eigenvalue weighted by Crippen LogP contribution is 2.68. The molecule has 4 saturated carbocycles. The monoisotopic (exact) mass is 452 g/mol. The van der Waals surface area contributed by atoms with Gasteiger partial charge in [-0.05, 0) is 116 Å². The molecule has 0 radical (unpaired) electrons. The quantitative estimate of drug-likeness (QED) is 0.352. The fraction of sp³-hybridized carbons (Fsp3) is 0.844. The number of rotatable bonds is 7. The van der Waals surface area contributed by atoms with E-state index in [1.165, 1.54) is 44.9 Å². The predicted molar refractivity (Wildman–Crippen MR) is 141 cm³/mol. The maximum absolute atomic E-state index is 12.8. The third-order valence-corrected chi connectivity index (χ3v) is 11.9. The summed E-state index contributed by atoms with van der Waals surface area (Å²) in [6.45, 7) is 18.8. The van der Waals surface area contributed by atoms with Crippen LogP contribution in [0.15, 0.2) is 24.8 Å². The SMILES string of the molecule is C=CC[C@@H]1C(=O)CC[C@]2(C)[C@H]3CC[C@]4(C)[C@@H]([C@H](C)/C=C/[C@@H](CC)C(C)C)CC[C@H]4[C@@H]3CC[C@@H]12. The first kappa shape index (κ1) is 25.2. The van der Waals surface area contributed by atoms with Crippen LogP contribution >= 0.6 is 0 Å². The van der Waals surface area contributed by atoms with Crippen molar-refractivity contribution in [3.63, 3.8) is 0 Å². The van der Waals surface area contributed by atoms with Crippen LogP contribution in [-0.2, 0) is 4.79 Å². The number of hydrogen-bond donors (Lipinski definition) is 0. The Kier molecular flexibility index (Phi) is 7.39. The van der Waals surface area contributed by atoms with E-state index in [9.17, 15) is 4.79 Å². The van der Waals surface area contributed by atoms with E-state index in [0.717, 1.165) is 54.8 Å². The van der Waals surface area contributed by atoms with Crippen LogP contribution in [0.5, 0.6) is 0 Å². The standard InChI is InChI=1S/C32H52O/c1-8-10-25-28-14-13-24-27-16-15-26(22(5)11-12-23(9-2)21(3)4)31(27,6)19-17-29(24)32(28,7)20-18-30(25)33/h8,11-12,21-29H,1,9-10,13-20H2,2-7H3/b12-11+/t22-,23-,24+,25+,26-,27+,28+,29+,31-,32+/m1/s1. The molecule has 4 aliphatic carbocycles. The summed E-state index contributed by atoms with van der Waals surface area (Å²) in [6.07, 6.45) is 19.6. The van der Waals surface area contributed by atoms with Crippen LogP contribution in [0, 0.1) is 64.1 Å². The van der Waals surface area contributed by atoms with E-state index >= 15 is 0 Å². The van der Waals surface area contributed by atoms with Gasteiger partial charge >= 0.3 is 0 Å². The summed E-state index contributed by atoms with van der Waals surface area (Å²) < 4.78 is 0. The molecule has 1 nitrogen and oxygen atoms in total. The van der Waals surface area contributed by atoms with Crippen LogP contribution in [0.4, 0.5) is 0 Å². The molecule has 0 spiro atoms. The van der Waals surface area contributed by atoms with Gasteiger partial charge in [0, 0.05) is 12.3 Å². The second-order valence-corrected chi connectivity index (χ2v) is 13.5. The lowest BCUT2D eigenvalue weighted by Gasteiger charge is -2.61. The van der Waals surface area contributed by atoms with E-state index in [0.29, 0.717) is 28.4 Å². The minimum absolute atomic E-state index is 0.254. The predicted octanol–water partition coefficient (Wildman–Crippen LogP) is 8.89. The lowest BCUT2D eigenvalue weighted by molar-refractivity contribution is -0.151. The zero-order valence-electron chi connectivity index (χ0n) is 22.6. The van der Waals surface area contributed by atoms with Crippen molar-refractivity contribution in [3.05, 3.63) is 24.8 Å². The molecule has 0 aliphatic heterocycles. The van der Waals surface area contributed by atoms with Crippen LogP contribution in [0.25, 0.3) is 0 Å². The molecule has 4 aliphatic rings. The number of carbonyl (C=O) groups is 1. The van der Waals surface area contributed by atoms with Gasteiger partial charge in [-0.1, -0.05) is 59.8 Å². The summed E-state index contributed by atoms with van der Waals surface area (Å²) >= 11 is 0. The number of Topliss-reactive ketones (excluding diaryl/α,β-unsaturated/α-hetero) is 1. The first-order valence-electron chi connectivity index (χ1n) is 14.5. The van der Waals surface area contributed by atoms with Crippen molar-refractivity contribution < 1.29 is 4.79 Å². The van der Waals surface area contributed by atoms with Gasteiger partial charge in [0.25, 0.3) is 0 Å². The molecule has 0 saturated heterocycles. The Labute approximate surface area is 205 Å². The highest BCUT2D eigenvalue weighted by molar-refractivity contribution is 5.82. The van der Waals surface area contributed by atoms with Gasteiger partial charge in [-0.25, -0.2) is 0 Å². The third kappa shape index (κ3) is 4.23. The summed E-state index contributed by atoms with van der Waals surface area (Å²) in [7, 11) is 0. The Balaban J connectivity index is 1.52. The van der Waals surface area contributed by atoms with Crippen LogP contribution in [0.1, 0.15) is 106 Å². The first-order chi connectivity index (χ1) is 15.7. The van der Waals surface area contributed by atoms with Crippen LogP contribution in [0.3, 0.4) is 0 Å². The van der Waals surface area contributed by atoms with Crippen LogP contribution in [0.2, 0.25) is 0 Å². The van der Waals surface area contributed by atoms with Crippen molar-refractivity contribution in [2.45, 2.75) is 106 Å². The summed E-state index contributed by atoms with van der Waals surface area (Å²) in [4.78, 5) is 12.8. The van der Waals surface area contributed by atoms with E-state index in [2.05, 4.69) is 60.3 Å². The van der Waals surface area contributed by atoms with E-state index in [1.807, 2.05) is 6.08 Å². The Morgan fingerprint density at radius 3 is 2.30 bits per heavy atom. The van der Waals surface area contributed by atoms with E-state index in [4.69, 9.17) is 0 Å². The van der Waals surface area contributed by atoms with Gasteiger partial charge in [0.1, 0.15) is 5.78 Å². The minimum atomic E-state index is 0.254. The molecule has 0 heterocycles. The van der Waals surface area contributed by atoms with Crippen molar-refractivity contribution in [1.82, 2.24) is 0 Å². The molecule has 4 rings (SSSR count). The van der Waals surface area contributed by atoms with Gasteiger partial charge in [-0.15, -0.1) is 6.58 Å². The average molecular weight is 453 g/mol. The number of ketones is 1. The summed E-state index contributed by atoms with van der Waals surface area (Å²) in [5.41, 5.74) is 0.889. The lowest BCUT2D eigenvalue weighted by Crippen LogP contribution is -2.56. The summed E-state index contributed by atoms with van der Waals surface area (Å²) in [5.74, 6) is 7.02. The molecule has 10 atom stereocenters. The Hall–Kier alpha value is -0.850. The molecule has 0 amide bonds. The average Bonchev–Trinajstić information content (AvgIpc) is 3.13. The van der Waals surface area contributed by atoms with Gasteiger partial charge in [-0.3, -0.25) is 4.79 Å². The molecule has 1 heteroatoms. The minimum Gasteiger partial charge on any atom is -0.299 e. The molecule has 0 aromatic rings. The van der Waals surface area contributed by atoms with Crippen molar-refractivity contribution in [2.24, 2.45) is 64.1 Å². The molecule has 0 bridgehead atoms. The maximum Gasteiger partial charge on any atom is 0.136 e. The third-order valence-electron chi connectivity index (χ3n) is 11.9. The zero-order valence-corrected chi connectivity index (χ0v) is 22.6. The second kappa shape index (κ2) is 9.66. The van der Waals surface area contributed by atoms with Gasteiger partial charge in [0.05, 0.1) is 0 Å². The van der Waals surface area contributed by atoms with Gasteiger partial charge in [-0.2, -0.15) is 0 Å². The topological polar surface area (TPSA) is 17.1 Å².